The Bertz CT molecular complexity index is 559. The lowest BCUT2D eigenvalue weighted by Gasteiger charge is -2.19. The Kier molecular flexibility index (Phi) is 3.80. The number of aromatic nitrogens is 2. The lowest BCUT2D eigenvalue weighted by Crippen LogP contribution is -2.23. The van der Waals surface area contributed by atoms with Gasteiger partial charge in [0, 0.05) is 5.56 Å². The molecule has 1 aromatic carbocycles. The number of nitrogens with zero attached hydrogens (tertiary/aromatic N) is 3. The molecule has 1 N–H and O–H groups in total. The van der Waals surface area contributed by atoms with E-state index in [4.69, 9.17) is 9.63 Å². The Labute approximate surface area is 118 Å². The monoisotopic (exact) mass is 273 g/mol. The molecule has 5 heteroatoms. The number of hydrogen-bond acceptors (Lipinski definition) is 5. The smallest absolute Gasteiger partial charge is 0.244 e. The van der Waals surface area contributed by atoms with Gasteiger partial charge < -0.3 is 9.63 Å². The standard InChI is InChI=1S/C15H19N3O2/c1-11(18-8-2-3-9-18)15-16-14(17-20-15)13-6-4-12(10-19)5-7-13/h4-7,11,19H,2-3,8-10H2,1H3/t11-/m0/s1. The van der Waals surface area contributed by atoms with Gasteiger partial charge in [-0.1, -0.05) is 29.4 Å². The van der Waals surface area contributed by atoms with Gasteiger partial charge in [-0.2, -0.15) is 4.98 Å². The molecule has 106 valence electrons. The summed E-state index contributed by atoms with van der Waals surface area (Å²) in [6.45, 7) is 4.36. The molecule has 1 atom stereocenters. The average Bonchev–Trinajstić information content (AvgIpc) is 3.18. The third-order valence-electron chi connectivity index (χ3n) is 3.88. The van der Waals surface area contributed by atoms with Gasteiger partial charge in [0.05, 0.1) is 12.6 Å². The summed E-state index contributed by atoms with van der Waals surface area (Å²) in [7, 11) is 0. The number of aliphatic hydroxyl groups is 1. The molecule has 1 aromatic heterocycles. The number of aliphatic hydroxyl groups excluding tert-OH is 1. The topological polar surface area (TPSA) is 62.4 Å². The van der Waals surface area contributed by atoms with Gasteiger partial charge in [0.1, 0.15) is 0 Å². The van der Waals surface area contributed by atoms with Gasteiger partial charge >= 0.3 is 0 Å². The van der Waals surface area contributed by atoms with Crippen molar-refractivity contribution in [1.82, 2.24) is 15.0 Å². The first-order valence-electron chi connectivity index (χ1n) is 7.06. The van der Waals surface area contributed by atoms with E-state index in [1.54, 1.807) is 0 Å². The quantitative estimate of drug-likeness (QED) is 0.926. The van der Waals surface area contributed by atoms with E-state index in [0.717, 1.165) is 24.2 Å². The predicted octanol–water partition coefficient (Wildman–Crippen LogP) is 2.39. The molecule has 0 unspecified atom stereocenters. The van der Waals surface area contributed by atoms with E-state index in [2.05, 4.69) is 22.0 Å². The molecule has 1 saturated heterocycles. The van der Waals surface area contributed by atoms with Crippen LogP contribution in [0.15, 0.2) is 28.8 Å². The van der Waals surface area contributed by atoms with Crippen LogP contribution in [-0.2, 0) is 6.61 Å². The fraction of sp³-hybridized carbons (Fsp3) is 0.467. The second-order valence-corrected chi connectivity index (χ2v) is 5.23. The van der Waals surface area contributed by atoms with Crippen molar-refractivity contribution in [3.05, 3.63) is 35.7 Å². The molecule has 1 aliphatic rings. The van der Waals surface area contributed by atoms with Gasteiger partial charge in [0.25, 0.3) is 0 Å². The van der Waals surface area contributed by atoms with Crippen molar-refractivity contribution >= 4 is 0 Å². The highest BCUT2D eigenvalue weighted by atomic mass is 16.5. The first-order valence-corrected chi connectivity index (χ1v) is 7.06. The van der Waals surface area contributed by atoms with Crippen molar-refractivity contribution in [2.45, 2.75) is 32.4 Å². The average molecular weight is 273 g/mol. The Morgan fingerprint density at radius 2 is 1.95 bits per heavy atom. The van der Waals surface area contributed by atoms with Gasteiger partial charge in [-0.05, 0) is 38.4 Å². The molecule has 2 aromatic rings. The van der Waals surface area contributed by atoms with Crippen LogP contribution in [-0.4, -0.2) is 33.2 Å². The summed E-state index contributed by atoms with van der Waals surface area (Å²) in [6.07, 6.45) is 2.49. The summed E-state index contributed by atoms with van der Waals surface area (Å²) >= 11 is 0. The summed E-state index contributed by atoms with van der Waals surface area (Å²) < 4.78 is 5.40. The van der Waals surface area contributed by atoms with Crippen molar-refractivity contribution in [2.75, 3.05) is 13.1 Å². The van der Waals surface area contributed by atoms with Crippen molar-refractivity contribution in [2.24, 2.45) is 0 Å². The molecule has 1 aliphatic heterocycles. The van der Waals surface area contributed by atoms with Gasteiger partial charge in [0.2, 0.25) is 11.7 Å². The third-order valence-corrected chi connectivity index (χ3v) is 3.88. The van der Waals surface area contributed by atoms with E-state index >= 15 is 0 Å². The predicted molar refractivity (Wildman–Crippen MR) is 74.9 cm³/mol. The molecule has 0 bridgehead atoms. The fourth-order valence-corrected chi connectivity index (χ4v) is 2.57. The second-order valence-electron chi connectivity index (χ2n) is 5.23. The fourth-order valence-electron chi connectivity index (χ4n) is 2.57. The maximum absolute atomic E-state index is 9.04. The molecular formula is C15H19N3O2. The molecular weight excluding hydrogens is 254 g/mol. The molecule has 1 fully saturated rings. The molecule has 20 heavy (non-hydrogen) atoms. The van der Waals surface area contributed by atoms with Crippen LogP contribution in [0.3, 0.4) is 0 Å². The van der Waals surface area contributed by atoms with Crippen LogP contribution < -0.4 is 0 Å². The zero-order chi connectivity index (χ0) is 13.9. The molecule has 5 nitrogen and oxygen atoms in total. The third kappa shape index (κ3) is 2.59. The highest BCUT2D eigenvalue weighted by molar-refractivity contribution is 5.54. The largest absolute Gasteiger partial charge is 0.392 e. The number of likely N-dealkylation sites (tertiary alicyclic amines) is 1. The van der Waals surface area contributed by atoms with Crippen LogP contribution >= 0.6 is 0 Å². The van der Waals surface area contributed by atoms with Gasteiger partial charge in [-0.3, -0.25) is 4.90 Å². The first kappa shape index (κ1) is 13.3. The van der Waals surface area contributed by atoms with E-state index in [9.17, 15) is 0 Å². The van der Waals surface area contributed by atoms with Crippen LogP contribution in [0.25, 0.3) is 11.4 Å². The summed E-state index contributed by atoms with van der Waals surface area (Å²) in [5, 5.41) is 13.1. The van der Waals surface area contributed by atoms with E-state index < -0.39 is 0 Å². The summed E-state index contributed by atoms with van der Waals surface area (Å²) in [6, 6.07) is 7.72. The minimum absolute atomic E-state index is 0.0454. The number of rotatable bonds is 4. The zero-order valence-electron chi connectivity index (χ0n) is 11.6. The Morgan fingerprint density at radius 3 is 2.60 bits per heavy atom. The van der Waals surface area contributed by atoms with Crippen LogP contribution in [0.5, 0.6) is 0 Å². The van der Waals surface area contributed by atoms with Gasteiger partial charge in [0.15, 0.2) is 0 Å². The Hall–Kier alpha value is -1.72. The highest BCUT2D eigenvalue weighted by Gasteiger charge is 2.24. The minimum Gasteiger partial charge on any atom is -0.392 e. The normalized spacial score (nSPS) is 17.5. The maximum Gasteiger partial charge on any atom is 0.244 e. The SMILES string of the molecule is C[C@@H](c1nc(-c2ccc(CO)cc2)no1)N1CCCC1. The maximum atomic E-state index is 9.04. The van der Waals surface area contributed by atoms with Gasteiger partial charge in [-0.25, -0.2) is 0 Å². The van der Waals surface area contributed by atoms with E-state index in [1.807, 2.05) is 24.3 Å². The van der Waals surface area contributed by atoms with Crippen molar-refractivity contribution in [1.29, 1.82) is 0 Å². The number of hydrogen-bond donors (Lipinski definition) is 1. The molecule has 0 saturated carbocycles. The molecule has 2 heterocycles. The first-order chi connectivity index (χ1) is 9.78. The molecule has 0 radical (unpaired) electrons. The number of benzene rings is 1. The summed E-state index contributed by atoms with van der Waals surface area (Å²) in [5.74, 6) is 1.28. The van der Waals surface area contributed by atoms with E-state index in [1.165, 1.54) is 12.8 Å². The van der Waals surface area contributed by atoms with Crippen molar-refractivity contribution in [3.63, 3.8) is 0 Å². The van der Waals surface area contributed by atoms with Crippen LogP contribution in [0, 0.1) is 0 Å². The van der Waals surface area contributed by atoms with Gasteiger partial charge in [-0.15, -0.1) is 0 Å². The zero-order valence-corrected chi connectivity index (χ0v) is 11.6. The van der Waals surface area contributed by atoms with Crippen molar-refractivity contribution < 1.29 is 9.63 Å². The minimum atomic E-state index is 0.0454. The molecule has 0 aliphatic carbocycles. The molecule has 3 rings (SSSR count). The van der Waals surface area contributed by atoms with Crippen LogP contribution in [0.1, 0.15) is 37.3 Å². The van der Waals surface area contributed by atoms with Crippen molar-refractivity contribution in [3.8, 4) is 11.4 Å². The second kappa shape index (κ2) is 5.73. The lowest BCUT2D eigenvalue weighted by atomic mass is 10.1. The van der Waals surface area contributed by atoms with Crippen LogP contribution in [0.2, 0.25) is 0 Å². The van der Waals surface area contributed by atoms with E-state index in [0.29, 0.717) is 11.7 Å². The summed E-state index contributed by atoms with van der Waals surface area (Å²) in [4.78, 5) is 6.87. The van der Waals surface area contributed by atoms with E-state index in [-0.39, 0.29) is 12.6 Å². The molecule has 0 spiro atoms. The van der Waals surface area contributed by atoms with Crippen LogP contribution in [0.4, 0.5) is 0 Å². The highest BCUT2D eigenvalue weighted by Crippen LogP contribution is 2.25. The molecule has 0 amide bonds. The Morgan fingerprint density at radius 1 is 1.25 bits per heavy atom. The summed E-state index contributed by atoms with van der Waals surface area (Å²) in [5.41, 5.74) is 1.79. The lowest BCUT2D eigenvalue weighted by molar-refractivity contribution is 0.209. The Balaban J connectivity index is 1.78.